The average molecular weight is 288 g/mol. The van der Waals surface area contributed by atoms with E-state index >= 15 is 0 Å². The van der Waals surface area contributed by atoms with Crippen LogP contribution in [0.3, 0.4) is 0 Å². The zero-order valence-electron chi connectivity index (χ0n) is 13.7. The molecule has 2 rings (SSSR count). The van der Waals surface area contributed by atoms with Crippen molar-refractivity contribution in [2.75, 3.05) is 20.1 Å². The predicted molar refractivity (Wildman–Crippen MR) is 87.3 cm³/mol. The molecule has 0 unspecified atom stereocenters. The van der Waals surface area contributed by atoms with Crippen molar-refractivity contribution in [1.29, 1.82) is 0 Å². The van der Waals surface area contributed by atoms with E-state index < -0.39 is 0 Å². The first-order chi connectivity index (χ1) is 10.1. The maximum atomic E-state index is 13.1. The minimum Gasteiger partial charge on any atom is -0.342 e. The molecule has 3 atom stereocenters. The molecule has 0 radical (unpaired) electrons. The third-order valence-electron chi connectivity index (χ3n) is 5.03. The first-order valence-corrected chi connectivity index (χ1v) is 8.17. The molecule has 1 N–H and O–H groups in total. The van der Waals surface area contributed by atoms with Gasteiger partial charge in [-0.25, -0.2) is 0 Å². The molecule has 116 valence electrons. The van der Waals surface area contributed by atoms with E-state index in [1.165, 1.54) is 5.56 Å². The molecule has 21 heavy (non-hydrogen) atoms. The largest absolute Gasteiger partial charge is 0.342 e. The van der Waals surface area contributed by atoms with E-state index in [2.05, 4.69) is 38.2 Å². The highest BCUT2D eigenvalue weighted by atomic mass is 16.2. The van der Waals surface area contributed by atoms with Gasteiger partial charge in [-0.1, -0.05) is 37.3 Å². The SMILES string of the molecule is CC[C@H](NC)[C@@H]1C[C@@]1(C(=O)N(CC)CC)c1ccccc1. The van der Waals surface area contributed by atoms with Crippen molar-refractivity contribution < 1.29 is 4.79 Å². The third kappa shape index (κ3) is 2.71. The van der Waals surface area contributed by atoms with Gasteiger partial charge < -0.3 is 10.2 Å². The maximum Gasteiger partial charge on any atom is 0.233 e. The Bertz CT molecular complexity index is 465. The summed E-state index contributed by atoms with van der Waals surface area (Å²) in [6.45, 7) is 7.89. The fourth-order valence-corrected chi connectivity index (χ4v) is 3.69. The molecule has 1 saturated carbocycles. The first kappa shape index (κ1) is 16.0. The minimum absolute atomic E-state index is 0.303. The van der Waals surface area contributed by atoms with Gasteiger partial charge >= 0.3 is 0 Å². The van der Waals surface area contributed by atoms with E-state index in [0.29, 0.717) is 17.9 Å². The number of hydrogen-bond acceptors (Lipinski definition) is 2. The maximum absolute atomic E-state index is 13.1. The van der Waals surface area contributed by atoms with E-state index in [1.54, 1.807) is 0 Å². The lowest BCUT2D eigenvalue weighted by molar-refractivity contribution is -0.134. The molecule has 0 spiro atoms. The van der Waals surface area contributed by atoms with Crippen molar-refractivity contribution in [3.63, 3.8) is 0 Å². The Balaban J connectivity index is 2.36. The zero-order chi connectivity index (χ0) is 15.5. The molecule has 1 aliphatic rings. The van der Waals surface area contributed by atoms with Crippen LogP contribution in [-0.2, 0) is 10.2 Å². The normalized spacial score (nSPS) is 25.4. The van der Waals surface area contributed by atoms with Crippen LogP contribution >= 0.6 is 0 Å². The Morgan fingerprint density at radius 2 is 1.90 bits per heavy atom. The van der Waals surface area contributed by atoms with Crippen LogP contribution < -0.4 is 5.32 Å². The fourth-order valence-electron chi connectivity index (χ4n) is 3.69. The van der Waals surface area contributed by atoms with E-state index in [-0.39, 0.29) is 5.41 Å². The smallest absolute Gasteiger partial charge is 0.233 e. The quantitative estimate of drug-likeness (QED) is 0.837. The van der Waals surface area contributed by atoms with Crippen molar-refractivity contribution >= 4 is 5.91 Å². The molecule has 0 heterocycles. The Hall–Kier alpha value is -1.35. The lowest BCUT2D eigenvalue weighted by Gasteiger charge is -2.28. The van der Waals surface area contributed by atoms with Gasteiger partial charge in [-0.15, -0.1) is 0 Å². The van der Waals surface area contributed by atoms with Crippen LogP contribution in [0.5, 0.6) is 0 Å². The summed E-state index contributed by atoms with van der Waals surface area (Å²) in [5.41, 5.74) is 0.873. The van der Waals surface area contributed by atoms with Gasteiger partial charge in [0, 0.05) is 19.1 Å². The summed E-state index contributed by atoms with van der Waals surface area (Å²) >= 11 is 0. The van der Waals surface area contributed by atoms with Gasteiger partial charge in [0.1, 0.15) is 0 Å². The molecule has 3 heteroatoms. The standard InChI is InChI=1S/C18H28N2O/c1-5-16(19-4)15-13-18(15,14-11-9-8-10-12-14)17(21)20(6-2)7-3/h8-12,15-16,19H,5-7,13H2,1-4H3/t15-,16-,18+/m0/s1. The molecule has 1 amide bonds. The van der Waals surface area contributed by atoms with Gasteiger partial charge in [0.15, 0.2) is 0 Å². The molecule has 0 bridgehead atoms. The van der Waals surface area contributed by atoms with E-state index in [1.807, 2.05) is 30.1 Å². The number of rotatable bonds is 7. The van der Waals surface area contributed by atoms with Gasteiger partial charge in [-0.2, -0.15) is 0 Å². The topological polar surface area (TPSA) is 32.3 Å². The van der Waals surface area contributed by atoms with Crippen LogP contribution in [0.25, 0.3) is 0 Å². The predicted octanol–water partition coefficient (Wildman–Crippen LogP) is 2.81. The molecule has 3 nitrogen and oxygen atoms in total. The molecule has 1 aromatic rings. The molecule has 0 saturated heterocycles. The van der Waals surface area contributed by atoms with Crippen LogP contribution in [0.4, 0.5) is 0 Å². The second-order valence-electron chi connectivity index (χ2n) is 5.93. The number of nitrogens with one attached hydrogen (secondary N) is 1. The average Bonchev–Trinajstić information content (AvgIpc) is 3.27. The number of carbonyl (C=O) groups is 1. The van der Waals surface area contributed by atoms with E-state index in [4.69, 9.17) is 0 Å². The summed E-state index contributed by atoms with van der Waals surface area (Å²) in [5, 5.41) is 3.40. The fraction of sp³-hybridized carbons (Fsp3) is 0.611. The molecule has 1 aliphatic carbocycles. The van der Waals surface area contributed by atoms with Crippen molar-refractivity contribution in [3.8, 4) is 0 Å². The van der Waals surface area contributed by atoms with Gasteiger partial charge in [0.05, 0.1) is 5.41 Å². The Morgan fingerprint density at radius 3 is 2.38 bits per heavy atom. The van der Waals surface area contributed by atoms with Gasteiger partial charge in [-0.05, 0) is 45.2 Å². The summed E-state index contributed by atoms with van der Waals surface area (Å²) in [7, 11) is 2.00. The summed E-state index contributed by atoms with van der Waals surface area (Å²) < 4.78 is 0. The summed E-state index contributed by atoms with van der Waals surface area (Å²) in [4.78, 5) is 15.1. The lowest BCUT2D eigenvalue weighted by atomic mass is 9.88. The van der Waals surface area contributed by atoms with Crippen molar-refractivity contribution in [3.05, 3.63) is 35.9 Å². The first-order valence-electron chi connectivity index (χ1n) is 8.17. The van der Waals surface area contributed by atoms with Crippen LogP contribution in [0, 0.1) is 5.92 Å². The van der Waals surface area contributed by atoms with Crippen molar-refractivity contribution in [2.45, 2.75) is 45.1 Å². The Kier molecular flexibility index (Phi) is 5.04. The van der Waals surface area contributed by atoms with Crippen molar-refractivity contribution in [2.24, 2.45) is 5.92 Å². The second-order valence-corrected chi connectivity index (χ2v) is 5.93. The second kappa shape index (κ2) is 6.61. The highest BCUT2D eigenvalue weighted by Gasteiger charge is 2.63. The van der Waals surface area contributed by atoms with Crippen molar-refractivity contribution in [1.82, 2.24) is 10.2 Å². The number of amides is 1. The highest BCUT2D eigenvalue weighted by Crippen LogP contribution is 2.57. The number of nitrogens with zero attached hydrogens (tertiary/aromatic N) is 1. The summed E-state index contributed by atoms with van der Waals surface area (Å²) in [5.74, 6) is 0.709. The number of likely N-dealkylation sites (N-methyl/N-ethyl adjacent to an activating group) is 1. The molecule has 1 aromatic carbocycles. The van der Waals surface area contributed by atoms with Crippen LogP contribution in [0.15, 0.2) is 30.3 Å². The minimum atomic E-state index is -0.309. The Labute approximate surface area is 128 Å². The lowest BCUT2D eigenvalue weighted by Crippen LogP contribution is -2.42. The van der Waals surface area contributed by atoms with Crippen LogP contribution in [-0.4, -0.2) is 37.0 Å². The Morgan fingerprint density at radius 1 is 1.29 bits per heavy atom. The van der Waals surface area contributed by atoms with Gasteiger partial charge in [0.2, 0.25) is 5.91 Å². The van der Waals surface area contributed by atoms with E-state index in [0.717, 1.165) is 25.9 Å². The van der Waals surface area contributed by atoms with Crippen LogP contribution in [0.1, 0.15) is 39.2 Å². The number of carbonyl (C=O) groups excluding carboxylic acids is 1. The zero-order valence-corrected chi connectivity index (χ0v) is 13.7. The van der Waals surface area contributed by atoms with E-state index in [9.17, 15) is 4.79 Å². The monoisotopic (exact) mass is 288 g/mol. The summed E-state index contributed by atoms with van der Waals surface area (Å²) in [6.07, 6.45) is 2.02. The third-order valence-corrected chi connectivity index (χ3v) is 5.03. The molecular weight excluding hydrogens is 260 g/mol. The number of hydrogen-bond donors (Lipinski definition) is 1. The van der Waals surface area contributed by atoms with Gasteiger partial charge in [0.25, 0.3) is 0 Å². The highest BCUT2D eigenvalue weighted by molar-refractivity contribution is 5.92. The number of benzene rings is 1. The van der Waals surface area contributed by atoms with Crippen LogP contribution in [0.2, 0.25) is 0 Å². The van der Waals surface area contributed by atoms with Gasteiger partial charge in [-0.3, -0.25) is 4.79 Å². The molecule has 1 fully saturated rings. The molecule has 0 aromatic heterocycles. The molecular formula is C18H28N2O. The molecule has 0 aliphatic heterocycles. The summed E-state index contributed by atoms with van der Waals surface area (Å²) in [6, 6.07) is 10.7.